The highest BCUT2D eigenvalue weighted by Crippen LogP contribution is 2.45. The van der Waals surface area contributed by atoms with Gasteiger partial charge < -0.3 is 29.7 Å². The summed E-state index contributed by atoms with van der Waals surface area (Å²) in [5, 5.41) is 7.02. The highest BCUT2D eigenvalue weighted by Gasteiger charge is 2.61. The molecule has 2 aliphatic heterocycles. The van der Waals surface area contributed by atoms with Crippen molar-refractivity contribution in [2.45, 2.75) is 48.6 Å². The lowest BCUT2D eigenvalue weighted by Crippen LogP contribution is -2.55. The fourth-order valence-corrected chi connectivity index (χ4v) is 6.77. The van der Waals surface area contributed by atoms with E-state index in [0.717, 1.165) is 10.8 Å². The Bertz CT molecular complexity index is 1490. The van der Waals surface area contributed by atoms with Gasteiger partial charge in [0.2, 0.25) is 21.8 Å². The van der Waals surface area contributed by atoms with Crippen molar-refractivity contribution in [3.63, 3.8) is 0 Å². The van der Waals surface area contributed by atoms with Crippen LogP contribution in [-0.4, -0.2) is 82.0 Å². The molecule has 2 amide bonds. The van der Waals surface area contributed by atoms with Gasteiger partial charge in [-0.25, -0.2) is 8.42 Å². The quantitative estimate of drug-likeness (QED) is 0.370. The number of benzene rings is 1. The second-order valence-corrected chi connectivity index (χ2v) is 12.8. The van der Waals surface area contributed by atoms with Crippen LogP contribution in [-0.2, 0) is 19.6 Å². The van der Waals surface area contributed by atoms with E-state index in [0.29, 0.717) is 68.6 Å². The lowest BCUT2D eigenvalue weighted by molar-refractivity contribution is -0.130. The van der Waals surface area contributed by atoms with E-state index in [4.69, 9.17) is 19.2 Å². The molecule has 4 aliphatic rings. The summed E-state index contributed by atoms with van der Waals surface area (Å²) in [6, 6.07) is 4.97. The van der Waals surface area contributed by atoms with Crippen molar-refractivity contribution in [2.24, 2.45) is 5.92 Å². The topological polar surface area (TPSA) is 148 Å². The summed E-state index contributed by atoms with van der Waals surface area (Å²) >= 11 is 0. The number of fused-ring (bicyclic) bond motifs is 3. The number of methoxy groups -OCH3 is 1. The van der Waals surface area contributed by atoms with Crippen molar-refractivity contribution in [3.8, 4) is 17.4 Å². The summed E-state index contributed by atoms with van der Waals surface area (Å²) in [5.41, 5.74) is -1.32. The number of likely N-dealkylation sites (N-methyl/N-ethyl adjacent to an activating group) is 1. The number of amides is 2. The van der Waals surface area contributed by atoms with E-state index in [-0.39, 0.29) is 12.0 Å². The zero-order chi connectivity index (χ0) is 28.2. The summed E-state index contributed by atoms with van der Waals surface area (Å²) < 4.78 is 44.6. The Hall–Kier alpha value is -3.58. The summed E-state index contributed by atoms with van der Waals surface area (Å²) in [4.78, 5) is 33.0. The smallest absolute Gasteiger partial charge is 0.259 e. The number of rotatable bonds is 9. The van der Waals surface area contributed by atoms with Crippen LogP contribution >= 0.6 is 0 Å². The number of nitrogens with zero attached hydrogens (tertiary/aromatic N) is 2. The first-order valence-electron chi connectivity index (χ1n) is 13.4. The van der Waals surface area contributed by atoms with E-state index in [2.05, 4.69) is 21.9 Å². The number of ether oxygens (including phenoxy) is 3. The molecule has 0 radical (unpaired) electrons. The van der Waals surface area contributed by atoms with Gasteiger partial charge in [0.15, 0.2) is 11.6 Å². The molecule has 0 unspecified atom stereocenters. The van der Waals surface area contributed by atoms with Gasteiger partial charge in [0.1, 0.15) is 24.0 Å². The number of pyridine rings is 1. The fourth-order valence-electron chi connectivity index (χ4n) is 5.41. The first-order valence-corrected chi connectivity index (χ1v) is 15.0. The average molecular weight is 572 g/mol. The van der Waals surface area contributed by atoms with Gasteiger partial charge in [-0.1, -0.05) is 6.08 Å². The maximum absolute atomic E-state index is 13.2. The van der Waals surface area contributed by atoms with Gasteiger partial charge in [-0.3, -0.25) is 14.3 Å². The Morgan fingerprint density at radius 2 is 2.10 bits per heavy atom. The zero-order valence-electron chi connectivity index (χ0n) is 22.4. The number of hydrogen-bond donors (Lipinski definition) is 3. The highest BCUT2D eigenvalue weighted by atomic mass is 32.2. The van der Waals surface area contributed by atoms with E-state index in [1.165, 1.54) is 0 Å². The number of sulfonamides is 1. The van der Waals surface area contributed by atoms with Gasteiger partial charge in [-0.2, -0.15) is 4.98 Å². The maximum Gasteiger partial charge on any atom is 0.259 e. The van der Waals surface area contributed by atoms with Crippen LogP contribution in [0.3, 0.4) is 0 Å². The van der Waals surface area contributed by atoms with E-state index in [9.17, 15) is 18.0 Å². The number of aromatic nitrogens is 1. The molecule has 2 saturated carbocycles. The summed E-state index contributed by atoms with van der Waals surface area (Å²) in [5.74, 6) is 0.998. The molecule has 1 aromatic carbocycles. The fraction of sp³-hybridized carbons (Fsp3) is 0.519. The Balaban J connectivity index is 1.17. The average Bonchev–Trinajstić information content (AvgIpc) is 3.86. The van der Waals surface area contributed by atoms with Crippen LogP contribution in [0.4, 0.5) is 5.82 Å². The zero-order valence-corrected chi connectivity index (χ0v) is 23.3. The van der Waals surface area contributed by atoms with Gasteiger partial charge >= 0.3 is 0 Å². The van der Waals surface area contributed by atoms with E-state index >= 15 is 0 Å². The van der Waals surface area contributed by atoms with Gasteiger partial charge in [0.25, 0.3) is 5.91 Å². The Morgan fingerprint density at radius 3 is 2.80 bits per heavy atom. The molecule has 6 rings (SSSR count). The van der Waals surface area contributed by atoms with Crippen LogP contribution in [0.1, 0.15) is 25.7 Å². The third kappa shape index (κ3) is 4.70. The van der Waals surface area contributed by atoms with E-state index in [1.807, 2.05) is 30.1 Å². The van der Waals surface area contributed by atoms with Gasteiger partial charge in [-0.05, 0) is 37.5 Å². The standard InChI is InChI=1S/C27H33N5O7S/c1-4-15-13-27(15,26(34)31-40(35,36)18-6-7-18)30-24(33)21-12-17(14-28-21)39-25-19-8-5-16(37-3)11-20(19)22-23(29-25)32(2)9-10-38-22/h4-5,8,11,15,17-18,21,28H,1,6-7,9-10,12-14H2,2-3H3,(H,30,33)(H,31,34)/t15-,17-,21+,27-/m1/s1. The van der Waals surface area contributed by atoms with Crippen molar-refractivity contribution in [1.82, 2.24) is 20.3 Å². The largest absolute Gasteiger partial charge is 0.497 e. The van der Waals surface area contributed by atoms with Crippen LogP contribution in [0.15, 0.2) is 30.9 Å². The van der Waals surface area contributed by atoms with Crippen LogP contribution in [0, 0.1) is 5.92 Å². The summed E-state index contributed by atoms with van der Waals surface area (Å²) in [6.07, 6.45) is 2.91. The predicted molar refractivity (Wildman–Crippen MR) is 147 cm³/mol. The first-order chi connectivity index (χ1) is 19.1. The Labute approximate surface area is 232 Å². The molecule has 2 aromatic rings. The van der Waals surface area contributed by atoms with Crippen molar-refractivity contribution < 1.29 is 32.2 Å². The lowest BCUT2D eigenvalue weighted by Gasteiger charge is -2.28. The number of carbonyl (C=O) groups is 2. The van der Waals surface area contributed by atoms with Gasteiger partial charge in [0.05, 0.1) is 24.9 Å². The molecule has 4 atom stereocenters. The molecule has 40 heavy (non-hydrogen) atoms. The molecule has 2 aliphatic carbocycles. The number of carbonyl (C=O) groups excluding carboxylic acids is 2. The minimum atomic E-state index is -3.74. The van der Waals surface area contributed by atoms with Crippen LogP contribution in [0.5, 0.6) is 17.4 Å². The normalized spacial score (nSPS) is 27.4. The summed E-state index contributed by atoms with van der Waals surface area (Å²) in [7, 11) is -0.194. The van der Waals surface area contributed by atoms with E-state index < -0.39 is 38.7 Å². The second-order valence-electron chi connectivity index (χ2n) is 10.9. The van der Waals surface area contributed by atoms with E-state index in [1.54, 1.807) is 13.2 Å². The first kappa shape index (κ1) is 26.6. The number of nitrogens with one attached hydrogen (secondary N) is 3. The molecule has 12 nitrogen and oxygen atoms in total. The predicted octanol–water partition coefficient (Wildman–Crippen LogP) is 0.851. The molecular weight excluding hydrogens is 538 g/mol. The molecule has 0 spiro atoms. The van der Waals surface area contributed by atoms with Crippen molar-refractivity contribution in [1.29, 1.82) is 0 Å². The third-order valence-electron chi connectivity index (χ3n) is 8.08. The van der Waals surface area contributed by atoms with Crippen LogP contribution < -0.4 is 34.5 Å². The van der Waals surface area contributed by atoms with Crippen molar-refractivity contribution in [2.75, 3.05) is 38.8 Å². The molecule has 3 fully saturated rings. The minimum Gasteiger partial charge on any atom is -0.497 e. The van der Waals surface area contributed by atoms with Crippen molar-refractivity contribution >= 4 is 38.4 Å². The SMILES string of the molecule is C=C[C@@H]1C[C@]1(NC(=O)[C@@H]1C[C@@H](Oc2nc3c(c4cc(OC)ccc24)OCCN3C)CN1)C(=O)NS(=O)(=O)C1CC1. The molecule has 3 N–H and O–H groups in total. The molecule has 214 valence electrons. The monoisotopic (exact) mass is 571 g/mol. The highest BCUT2D eigenvalue weighted by molar-refractivity contribution is 7.91. The summed E-state index contributed by atoms with van der Waals surface area (Å²) in [6.45, 7) is 5.35. The lowest BCUT2D eigenvalue weighted by atomic mass is 10.1. The Morgan fingerprint density at radius 1 is 1.30 bits per heavy atom. The molecule has 3 heterocycles. The number of hydrogen-bond acceptors (Lipinski definition) is 10. The molecule has 1 saturated heterocycles. The molecule has 1 aromatic heterocycles. The number of anilines is 1. The van der Waals surface area contributed by atoms with Crippen molar-refractivity contribution in [3.05, 3.63) is 30.9 Å². The Kier molecular flexibility index (Phi) is 6.53. The molecule has 0 bridgehead atoms. The maximum atomic E-state index is 13.2. The minimum absolute atomic E-state index is 0.297. The molecule has 13 heteroatoms. The van der Waals surface area contributed by atoms with Gasteiger partial charge in [0, 0.05) is 36.7 Å². The van der Waals surface area contributed by atoms with Gasteiger partial charge in [-0.15, -0.1) is 6.58 Å². The second kappa shape index (κ2) is 9.81. The molecular formula is C27H33N5O7S. The van der Waals surface area contributed by atoms with Crippen LogP contribution in [0.25, 0.3) is 10.8 Å². The van der Waals surface area contributed by atoms with Crippen LogP contribution in [0.2, 0.25) is 0 Å². The third-order valence-corrected chi connectivity index (χ3v) is 9.90.